The second-order valence-electron chi connectivity index (χ2n) is 6.23. The van der Waals surface area contributed by atoms with Gasteiger partial charge in [-0.15, -0.1) is 0 Å². The summed E-state index contributed by atoms with van der Waals surface area (Å²) in [7, 11) is 0. The van der Waals surface area contributed by atoms with Crippen molar-refractivity contribution in [1.82, 2.24) is 16.0 Å². The summed E-state index contributed by atoms with van der Waals surface area (Å²) in [5.74, 6) is -0.405. The Hall–Kier alpha value is -2.86. The van der Waals surface area contributed by atoms with Gasteiger partial charge in [-0.2, -0.15) is 0 Å². The number of hydrogen-bond acceptors (Lipinski definition) is 4. The van der Waals surface area contributed by atoms with Crippen LogP contribution in [0, 0.1) is 0 Å². The number of rotatable bonds is 7. The van der Waals surface area contributed by atoms with E-state index < -0.39 is 11.9 Å². The second kappa shape index (κ2) is 9.01. The van der Waals surface area contributed by atoms with Gasteiger partial charge >= 0.3 is 0 Å². The Labute approximate surface area is 152 Å². The van der Waals surface area contributed by atoms with Gasteiger partial charge in [-0.05, 0) is 30.7 Å². The third-order valence-electron chi connectivity index (χ3n) is 4.30. The summed E-state index contributed by atoms with van der Waals surface area (Å²) in [4.78, 5) is 25.0. The lowest BCUT2D eigenvalue weighted by Crippen LogP contribution is -2.48. The number of amides is 2. The third kappa shape index (κ3) is 5.07. The molecule has 1 aliphatic heterocycles. The molecule has 1 unspecified atom stereocenters. The largest absolute Gasteiger partial charge is 0.459 e. The van der Waals surface area contributed by atoms with Gasteiger partial charge < -0.3 is 20.4 Å². The standard InChI is InChI=1S/C20H23N3O3/c24-19(22-14-16-8-10-21-11-9-16)17(13-15-5-2-1-3-6-15)23-20(25)18-7-4-12-26-18/h1-8,12,17,21H,9-11,13-14H2,(H,22,24)(H,23,25). The molecule has 0 fully saturated rings. The van der Waals surface area contributed by atoms with Gasteiger partial charge in [0.1, 0.15) is 6.04 Å². The Balaban J connectivity index is 1.65. The highest BCUT2D eigenvalue weighted by molar-refractivity contribution is 5.95. The predicted octanol–water partition coefficient (Wildman–Crippen LogP) is 1.66. The highest BCUT2D eigenvalue weighted by atomic mass is 16.3. The summed E-state index contributed by atoms with van der Waals surface area (Å²) in [5, 5.41) is 8.96. The lowest BCUT2D eigenvalue weighted by molar-refractivity contribution is -0.122. The molecule has 2 heterocycles. The molecule has 6 nitrogen and oxygen atoms in total. The van der Waals surface area contributed by atoms with E-state index in [2.05, 4.69) is 22.0 Å². The van der Waals surface area contributed by atoms with Crippen molar-refractivity contribution in [2.24, 2.45) is 0 Å². The second-order valence-corrected chi connectivity index (χ2v) is 6.23. The van der Waals surface area contributed by atoms with Crippen LogP contribution in [0.3, 0.4) is 0 Å². The van der Waals surface area contributed by atoms with E-state index in [9.17, 15) is 9.59 Å². The molecule has 3 rings (SSSR count). The van der Waals surface area contributed by atoms with E-state index in [4.69, 9.17) is 4.42 Å². The molecule has 2 amide bonds. The molecule has 0 saturated carbocycles. The number of carbonyl (C=O) groups is 2. The first-order valence-corrected chi connectivity index (χ1v) is 8.77. The van der Waals surface area contributed by atoms with E-state index in [0.717, 1.165) is 25.1 Å². The highest BCUT2D eigenvalue weighted by Gasteiger charge is 2.23. The van der Waals surface area contributed by atoms with Crippen LogP contribution in [0.15, 0.2) is 64.8 Å². The first kappa shape index (κ1) is 17.9. The summed E-state index contributed by atoms with van der Waals surface area (Å²) >= 11 is 0. The van der Waals surface area contributed by atoms with E-state index in [0.29, 0.717) is 13.0 Å². The Morgan fingerprint density at radius 3 is 2.69 bits per heavy atom. The molecule has 1 atom stereocenters. The molecule has 2 aromatic rings. The van der Waals surface area contributed by atoms with E-state index in [1.54, 1.807) is 12.1 Å². The van der Waals surface area contributed by atoms with Gasteiger partial charge in [-0.3, -0.25) is 9.59 Å². The molecule has 0 bridgehead atoms. The average molecular weight is 353 g/mol. The fourth-order valence-corrected chi connectivity index (χ4v) is 2.85. The van der Waals surface area contributed by atoms with Crippen LogP contribution in [0.5, 0.6) is 0 Å². The van der Waals surface area contributed by atoms with Crippen LogP contribution in [0.1, 0.15) is 22.5 Å². The molecule has 1 aliphatic rings. The van der Waals surface area contributed by atoms with Gasteiger partial charge in [-0.25, -0.2) is 0 Å². The molecule has 6 heteroatoms. The molecule has 0 saturated heterocycles. The van der Waals surface area contributed by atoms with E-state index in [1.165, 1.54) is 11.8 Å². The molecule has 1 aromatic heterocycles. The molecule has 3 N–H and O–H groups in total. The maximum absolute atomic E-state index is 12.7. The van der Waals surface area contributed by atoms with Crippen molar-refractivity contribution >= 4 is 11.8 Å². The van der Waals surface area contributed by atoms with Crippen molar-refractivity contribution < 1.29 is 14.0 Å². The lowest BCUT2D eigenvalue weighted by Gasteiger charge is -2.20. The van der Waals surface area contributed by atoms with E-state index >= 15 is 0 Å². The smallest absolute Gasteiger partial charge is 0.287 e. The van der Waals surface area contributed by atoms with Gasteiger partial charge in [0.25, 0.3) is 5.91 Å². The quantitative estimate of drug-likeness (QED) is 0.661. The zero-order valence-electron chi connectivity index (χ0n) is 14.5. The van der Waals surface area contributed by atoms with Crippen molar-refractivity contribution in [1.29, 1.82) is 0 Å². The lowest BCUT2D eigenvalue weighted by atomic mass is 10.0. The normalized spacial score (nSPS) is 15.0. The van der Waals surface area contributed by atoms with Crippen LogP contribution in [0.4, 0.5) is 0 Å². The molecule has 0 radical (unpaired) electrons. The maximum atomic E-state index is 12.7. The minimum absolute atomic E-state index is 0.192. The predicted molar refractivity (Wildman–Crippen MR) is 98.7 cm³/mol. The van der Waals surface area contributed by atoms with Crippen molar-refractivity contribution in [2.75, 3.05) is 19.6 Å². The van der Waals surface area contributed by atoms with Crippen LogP contribution in [-0.4, -0.2) is 37.5 Å². The molecule has 26 heavy (non-hydrogen) atoms. The SMILES string of the molecule is O=C(NC(Cc1ccccc1)C(=O)NCC1=CCNCC1)c1ccco1. The Morgan fingerprint density at radius 1 is 1.15 bits per heavy atom. The van der Waals surface area contributed by atoms with Gasteiger partial charge in [0, 0.05) is 19.5 Å². The number of furan rings is 1. The Kier molecular flexibility index (Phi) is 6.22. The zero-order valence-corrected chi connectivity index (χ0v) is 14.5. The summed E-state index contributed by atoms with van der Waals surface area (Å²) < 4.78 is 5.12. The molecule has 136 valence electrons. The van der Waals surface area contributed by atoms with Gasteiger partial charge in [0.15, 0.2) is 5.76 Å². The maximum Gasteiger partial charge on any atom is 0.287 e. The molecule has 0 spiro atoms. The summed E-state index contributed by atoms with van der Waals surface area (Å²) in [6, 6.07) is 12.2. The first-order valence-electron chi connectivity index (χ1n) is 8.77. The highest BCUT2D eigenvalue weighted by Crippen LogP contribution is 2.07. The minimum Gasteiger partial charge on any atom is -0.459 e. The van der Waals surface area contributed by atoms with Crippen molar-refractivity contribution in [3.8, 4) is 0 Å². The van der Waals surface area contributed by atoms with Crippen LogP contribution < -0.4 is 16.0 Å². The van der Waals surface area contributed by atoms with Crippen molar-refractivity contribution in [3.63, 3.8) is 0 Å². The fraction of sp³-hybridized carbons (Fsp3) is 0.300. The van der Waals surface area contributed by atoms with Crippen molar-refractivity contribution in [2.45, 2.75) is 18.9 Å². The molecular formula is C20H23N3O3. The van der Waals surface area contributed by atoms with Gasteiger partial charge in [0.05, 0.1) is 6.26 Å². The van der Waals surface area contributed by atoms with Crippen molar-refractivity contribution in [3.05, 3.63) is 71.7 Å². The van der Waals surface area contributed by atoms with Crippen LogP contribution in [0.25, 0.3) is 0 Å². The van der Waals surface area contributed by atoms with E-state index in [-0.39, 0.29) is 11.7 Å². The molecular weight excluding hydrogens is 330 g/mol. The van der Waals surface area contributed by atoms with Crippen LogP contribution in [0.2, 0.25) is 0 Å². The van der Waals surface area contributed by atoms with Gasteiger partial charge in [-0.1, -0.05) is 42.0 Å². The average Bonchev–Trinajstić information content (AvgIpc) is 3.22. The van der Waals surface area contributed by atoms with E-state index in [1.807, 2.05) is 30.3 Å². The zero-order chi connectivity index (χ0) is 18.2. The molecule has 1 aromatic carbocycles. The van der Waals surface area contributed by atoms with Gasteiger partial charge in [0.2, 0.25) is 5.91 Å². The number of benzene rings is 1. The monoisotopic (exact) mass is 353 g/mol. The van der Waals surface area contributed by atoms with Crippen LogP contribution >= 0.6 is 0 Å². The Morgan fingerprint density at radius 2 is 2.00 bits per heavy atom. The third-order valence-corrected chi connectivity index (χ3v) is 4.30. The fourth-order valence-electron chi connectivity index (χ4n) is 2.85. The Bertz CT molecular complexity index is 754. The summed E-state index contributed by atoms with van der Waals surface area (Å²) in [6.45, 7) is 2.25. The topological polar surface area (TPSA) is 83.4 Å². The number of carbonyl (C=O) groups excluding carboxylic acids is 2. The number of nitrogens with one attached hydrogen (secondary N) is 3. The summed E-state index contributed by atoms with van der Waals surface area (Å²) in [6.07, 6.45) is 4.87. The number of hydrogen-bond donors (Lipinski definition) is 3. The van der Waals surface area contributed by atoms with Crippen LogP contribution in [-0.2, 0) is 11.2 Å². The minimum atomic E-state index is -0.669. The molecule has 0 aliphatic carbocycles. The first-order chi connectivity index (χ1) is 12.7. The summed E-state index contributed by atoms with van der Waals surface area (Å²) in [5.41, 5.74) is 2.18.